The number of alkyl carbamates (subject to hydrolysis) is 1. The van der Waals surface area contributed by atoms with Gasteiger partial charge in [-0.25, -0.2) is 9.59 Å². The Labute approximate surface area is 299 Å². The number of nitrogens with one attached hydrogen (secondary N) is 3. The number of carbonyl (C=O) groups is 3. The summed E-state index contributed by atoms with van der Waals surface area (Å²) in [5, 5.41) is 10.4. The molecule has 0 aromatic heterocycles. The normalized spacial score (nSPS) is 11.9. The number of nitrogens with zero attached hydrogens (tertiary/aromatic N) is 1. The van der Waals surface area contributed by atoms with Crippen LogP contribution in [0, 0.1) is 13.8 Å². The molecule has 1 aliphatic carbocycles. The van der Waals surface area contributed by atoms with Gasteiger partial charge in [-0.05, 0) is 83.4 Å². The third-order valence-electron chi connectivity index (χ3n) is 7.68. The maximum absolute atomic E-state index is 13.5. The average molecular weight is 703 g/mol. The molecule has 3 N–H and O–H groups in total. The van der Waals surface area contributed by atoms with E-state index in [9.17, 15) is 14.4 Å². The van der Waals surface area contributed by atoms with Gasteiger partial charge in [0.1, 0.15) is 16.9 Å². The summed E-state index contributed by atoms with van der Waals surface area (Å²) in [5.41, 5.74) is 5.77. The first-order chi connectivity index (χ1) is 24.4. The highest BCUT2D eigenvalue weighted by Gasteiger charge is 2.24. The fraction of sp³-hybridized carbons (Fsp3) is 0.436. The minimum absolute atomic E-state index is 0.235. The second kappa shape index (κ2) is 18.3. The van der Waals surface area contributed by atoms with Gasteiger partial charge in [-0.2, -0.15) is 0 Å². The molecule has 0 fully saturated rings. The molecule has 12 heteroatoms. The van der Waals surface area contributed by atoms with Crippen LogP contribution in [0.1, 0.15) is 56.1 Å². The highest BCUT2D eigenvalue weighted by Crippen LogP contribution is 2.43. The molecule has 2 aliphatic rings. The van der Waals surface area contributed by atoms with Gasteiger partial charge in [0.05, 0.1) is 37.3 Å². The van der Waals surface area contributed by atoms with Gasteiger partial charge in [-0.3, -0.25) is 9.79 Å². The number of amides is 2. The summed E-state index contributed by atoms with van der Waals surface area (Å²) in [6.45, 7) is 16.2. The van der Waals surface area contributed by atoms with Crippen molar-refractivity contribution in [3.63, 3.8) is 0 Å². The molecule has 1 aliphatic heterocycles. The smallest absolute Gasteiger partial charge is 0.407 e. The Morgan fingerprint density at radius 1 is 0.843 bits per heavy atom. The van der Waals surface area contributed by atoms with Crippen LogP contribution < -0.4 is 21.3 Å². The molecule has 51 heavy (non-hydrogen) atoms. The number of esters is 1. The summed E-state index contributed by atoms with van der Waals surface area (Å²) in [4.78, 5) is 42.3. The van der Waals surface area contributed by atoms with Crippen molar-refractivity contribution >= 4 is 34.6 Å². The number of benzene rings is 3. The van der Waals surface area contributed by atoms with Crippen molar-refractivity contribution in [2.75, 3.05) is 64.5 Å². The molecular weight excluding hydrogens is 652 g/mol. The maximum atomic E-state index is 13.5. The molecule has 1 heterocycles. The second-order valence-corrected chi connectivity index (χ2v) is 12.9. The Hall–Kier alpha value is -4.94. The fourth-order valence-electron chi connectivity index (χ4n) is 5.46. The van der Waals surface area contributed by atoms with Gasteiger partial charge in [0, 0.05) is 60.5 Å². The largest absolute Gasteiger partial charge is 0.456 e. The minimum atomic E-state index is -0.618. The quantitative estimate of drug-likeness (QED) is 0.0726. The lowest BCUT2D eigenvalue weighted by Gasteiger charge is -2.19. The third-order valence-corrected chi connectivity index (χ3v) is 7.68. The molecule has 0 bridgehead atoms. The second-order valence-electron chi connectivity index (χ2n) is 12.9. The van der Waals surface area contributed by atoms with Gasteiger partial charge in [0.2, 0.25) is 0 Å². The van der Waals surface area contributed by atoms with Crippen LogP contribution in [0.3, 0.4) is 0 Å². The summed E-state index contributed by atoms with van der Waals surface area (Å²) in [5.74, 6) is -0.418. The topological polar surface area (TPSA) is 150 Å². The van der Waals surface area contributed by atoms with Gasteiger partial charge in [0.25, 0.3) is 5.91 Å². The highest BCUT2D eigenvalue weighted by atomic mass is 16.6. The molecule has 0 radical (unpaired) electrons. The lowest BCUT2D eigenvalue weighted by Crippen LogP contribution is -2.34. The highest BCUT2D eigenvalue weighted by molar-refractivity contribution is 6.08. The van der Waals surface area contributed by atoms with Crippen molar-refractivity contribution < 1.29 is 37.7 Å². The molecule has 0 saturated heterocycles. The zero-order chi connectivity index (χ0) is 37.0. The van der Waals surface area contributed by atoms with E-state index in [1.165, 1.54) is 0 Å². The molecule has 12 nitrogen and oxygen atoms in total. The first-order valence-corrected chi connectivity index (χ1v) is 17.3. The van der Waals surface area contributed by atoms with E-state index < -0.39 is 30.2 Å². The van der Waals surface area contributed by atoms with E-state index in [-0.39, 0.29) is 13.2 Å². The van der Waals surface area contributed by atoms with Crippen LogP contribution in [0.25, 0.3) is 33.4 Å². The maximum Gasteiger partial charge on any atom is 0.407 e. The molecule has 2 aromatic rings. The van der Waals surface area contributed by atoms with Crippen LogP contribution in [0.2, 0.25) is 0 Å². The van der Waals surface area contributed by atoms with Gasteiger partial charge in [-0.1, -0.05) is 18.2 Å². The van der Waals surface area contributed by atoms with E-state index in [1.54, 1.807) is 32.9 Å². The first-order valence-electron chi connectivity index (χ1n) is 17.3. The van der Waals surface area contributed by atoms with Crippen LogP contribution in [-0.4, -0.2) is 82.8 Å². The van der Waals surface area contributed by atoms with Crippen LogP contribution in [-0.2, 0) is 23.7 Å². The van der Waals surface area contributed by atoms with Crippen LogP contribution in [0.15, 0.2) is 57.9 Å². The van der Waals surface area contributed by atoms with Gasteiger partial charge in [0.15, 0.2) is 6.61 Å². The zero-order valence-corrected chi connectivity index (χ0v) is 30.7. The van der Waals surface area contributed by atoms with Crippen molar-refractivity contribution in [2.24, 2.45) is 4.99 Å². The number of hydrogen-bond acceptors (Lipinski definition) is 10. The molecule has 0 atom stereocenters. The molecule has 0 spiro atoms. The van der Waals surface area contributed by atoms with Crippen molar-refractivity contribution in [3.8, 4) is 22.5 Å². The monoisotopic (exact) mass is 702 g/mol. The van der Waals surface area contributed by atoms with Crippen LogP contribution in [0.4, 0.5) is 10.5 Å². The van der Waals surface area contributed by atoms with E-state index in [1.807, 2.05) is 58.0 Å². The van der Waals surface area contributed by atoms with Crippen LogP contribution in [0.5, 0.6) is 0 Å². The van der Waals surface area contributed by atoms with Crippen molar-refractivity contribution in [2.45, 2.75) is 54.1 Å². The van der Waals surface area contributed by atoms with E-state index in [2.05, 4.69) is 27.0 Å². The number of hydrogen-bond donors (Lipinski definition) is 3. The van der Waals surface area contributed by atoms with Gasteiger partial charge < -0.3 is 39.3 Å². The predicted molar refractivity (Wildman–Crippen MR) is 197 cm³/mol. The summed E-state index contributed by atoms with van der Waals surface area (Å²) in [6.07, 6.45) is -0.496. The molecule has 2 aromatic carbocycles. The van der Waals surface area contributed by atoms with Crippen molar-refractivity contribution in [1.82, 2.24) is 10.6 Å². The van der Waals surface area contributed by atoms with E-state index in [4.69, 9.17) is 23.4 Å². The number of fused-ring (bicyclic) bond motifs is 2. The van der Waals surface area contributed by atoms with E-state index in [0.29, 0.717) is 55.4 Å². The van der Waals surface area contributed by atoms with Gasteiger partial charge >= 0.3 is 12.1 Å². The Morgan fingerprint density at radius 3 is 2.24 bits per heavy atom. The Morgan fingerprint density at radius 2 is 1.55 bits per heavy atom. The lowest BCUT2D eigenvalue weighted by atomic mass is 9.89. The SMILES string of the molecule is CCN=c1cc2oc3cc(NCC)c(C)cc3c(-c3ccccc3C(=O)OCC(=O)NCCOCCOCCNC(=O)OC(C)(C)C)c-2cc1C. The summed E-state index contributed by atoms with van der Waals surface area (Å²) in [7, 11) is 0. The standard InChI is InChI=1S/C39H50N4O8/c1-8-40-31-22-33-29(20-25(31)3)36(30-21-26(4)32(41-9-2)23-34(30)50-33)27-12-10-11-13-28(27)37(45)49-24-35(44)42-14-16-47-18-19-48-17-15-43-38(46)51-39(5,6)7/h10-13,20-23,40H,8-9,14-19,24H2,1-7H3,(H,42,44)(H,43,46). The van der Waals surface area contributed by atoms with Crippen molar-refractivity contribution in [1.29, 1.82) is 0 Å². The molecular formula is C39H50N4O8. The molecule has 0 unspecified atom stereocenters. The molecule has 4 rings (SSSR count). The number of anilines is 1. The Kier molecular flexibility index (Phi) is 14.0. The Bertz CT molecular complexity index is 1860. The summed E-state index contributed by atoms with van der Waals surface area (Å²) >= 11 is 0. The molecule has 2 amide bonds. The Balaban J connectivity index is 1.38. The van der Waals surface area contributed by atoms with Crippen molar-refractivity contribution in [3.05, 3.63) is 70.6 Å². The van der Waals surface area contributed by atoms with Crippen LogP contribution >= 0.6 is 0 Å². The number of ether oxygens (including phenoxy) is 4. The first kappa shape index (κ1) is 38.9. The number of rotatable bonds is 16. The summed E-state index contributed by atoms with van der Waals surface area (Å²) in [6, 6.07) is 15.3. The lowest BCUT2D eigenvalue weighted by molar-refractivity contribution is -0.124. The van der Waals surface area contributed by atoms with Gasteiger partial charge in [-0.15, -0.1) is 0 Å². The summed E-state index contributed by atoms with van der Waals surface area (Å²) < 4.78 is 28.1. The third kappa shape index (κ3) is 11.0. The average Bonchev–Trinajstić information content (AvgIpc) is 3.07. The zero-order valence-electron chi connectivity index (χ0n) is 30.7. The molecule has 274 valence electrons. The molecule has 0 saturated carbocycles. The number of aryl methyl sites for hydroxylation is 2. The van der Waals surface area contributed by atoms with E-state index >= 15 is 0 Å². The number of carbonyl (C=O) groups excluding carboxylic acids is 3. The van der Waals surface area contributed by atoms with E-state index in [0.717, 1.165) is 45.2 Å². The fourth-order valence-corrected chi connectivity index (χ4v) is 5.46. The minimum Gasteiger partial charge on any atom is -0.456 e. The predicted octanol–water partition coefficient (Wildman–Crippen LogP) is 6.00.